The number of aromatic nitrogens is 4. The quantitative estimate of drug-likeness (QED) is 0.513. The zero-order chi connectivity index (χ0) is 20.4. The molecular weight excluding hydrogens is 375 g/mol. The van der Waals surface area contributed by atoms with Crippen molar-refractivity contribution in [2.24, 2.45) is 11.5 Å². The predicted molar refractivity (Wildman–Crippen MR) is 107 cm³/mol. The first-order valence-corrected chi connectivity index (χ1v) is 9.39. The van der Waals surface area contributed by atoms with Crippen LogP contribution in [-0.2, 0) is 0 Å². The van der Waals surface area contributed by atoms with Crippen molar-refractivity contribution in [1.82, 2.24) is 20.2 Å². The van der Waals surface area contributed by atoms with E-state index in [-0.39, 0.29) is 35.1 Å². The molecule has 10 heteroatoms. The van der Waals surface area contributed by atoms with Crippen molar-refractivity contribution in [3.8, 4) is 0 Å². The summed E-state index contributed by atoms with van der Waals surface area (Å²) in [6, 6.07) is 6.40. The highest BCUT2D eigenvalue weighted by Gasteiger charge is 2.23. The normalized spacial score (nSPS) is 19.1. The van der Waals surface area contributed by atoms with E-state index >= 15 is 0 Å². The van der Waals surface area contributed by atoms with Crippen molar-refractivity contribution >= 4 is 34.3 Å². The number of fused-ring (bicyclic) bond motifs is 1. The summed E-state index contributed by atoms with van der Waals surface area (Å²) in [5.41, 5.74) is 12.2. The number of pyridine rings is 1. The summed E-state index contributed by atoms with van der Waals surface area (Å²) < 4.78 is 13.8. The van der Waals surface area contributed by atoms with E-state index in [0.29, 0.717) is 11.1 Å². The van der Waals surface area contributed by atoms with Gasteiger partial charge in [0.05, 0.1) is 11.9 Å². The van der Waals surface area contributed by atoms with Crippen LogP contribution in [0.2, 0.25) is 0 Å². The highest BCUT2D eigenvalue weighted by atomic mass is 19.1. The maximum Gasteiger partial charge on any atom is 0.273 e. The van der Waals surface area contributed by atoms with Crippen molar-refractivity contribution in [1.29, 1.82) is 0 Å². The van der Waals surface area contributed by atoms with Crippen LogP contribution in [0.4, 0.5) is 21.8 Å². The van der Waals surface area contributed by atoms with E-state index in [9.17, 15) is 9.18 Å². The van der Waals surface area contributed by atoms with Gasteiger partial charge < -0.3 is 22.1 Å². The van der Waals surface area contributed by atoms with Gasteiger partial charge in [-0.25, -0.2) is 4.39 Å². The Morgan fingerprint density at radius 2 is 2.03 bits per heavy atom. The summed E-state index contributed by atoms with van der Waals surface area (Å²) in [5.74, 6) is -0.796. The van der Waals surface area contributed by atoms with Crippen LogP contribution in [0, 0.1) is 5.82 Å². The van der Waals surface area contributed by atoms with Crippen LogP contribution in [0.1, 0.15) is 36.2 Å². The van der Waals surface area contributed by atoms with Crippen molar-refractivity contribution in [2.75, 3.05) is 10.6 Å². The summed E-state index contributed by atoms with van der Waals surface area (Å²) in [4.78, 5) is 20.2. The number of halogens is 1. The molecule has 0 spiro atoms. The number of nitrogens with zero attached hydrogens (tertiary/aromatic N) is 4. The van der Waals surface area contributed by atoms with Gasteiger partial charge in [-0.15, -0.1) is 10.2 Å². The summed E-state index contributed by atoms with van der Waals surface area (Å²) in [6.07, 6.45) is 5.45. The van der Waals surface area contributed by atoms with E-state index in [0.717, 1.165) is 25.7 Å². The fourth-order valence-electron chi connectivity index (χ4n) is 3.47. The van der Waals surface area contributed by atoms with Crippen LogP contribution in [0.5, 0.6) is 0 Å². The molecule has 0 unspecified atom stereocenters. The number of amides is 1. The molecule has 4 rings (SSSR count). The maximum atomic E-state index is 13.8. The minimum atomic E-state index is -0.770. The Morgan fingerprint density at radius 3 is 2.83 bits per heavy atom. The molecule has 3 aromatic rings. The number of rotatable bonds is 5. The number of para-hydroxylation sites is 1. The Hall–Kier alpha value is -3.40. The minimum absolute atomic E-state index is 0.000777. The van der Waals surface area contributed by atoms with Crippen LogP contribution < -0.4 is 22.1 Å². The monoisotopic (exact) mass is 396 g/mol. The number of hydrogen-bond acceptors (Lipinski definition) is 8. The van der Waals surface area contributed by atoms with Crippen molar-refractivity contribution < 1.29 is 9.18 Å². The topological polar surface area (TPSA) is 145 Å². The first kappa shape index (κ1) is 18.9. The Balaban J connectivity index is 1.63. The molecule has 0 aliphatic heterocycles. The van der Waals surface area contributed by atoms with Gasteiger partial charge in [0, 0.05) is 17.5 Å². The Labute approximate surface area is 166 Å². The number of primary amides is 1. The fraction of sp³-hybridized carbons (Fsp3) is 0.316. The maximum absolute atomic E-state index is 13.8. The first-order chi connectivity index (χ1) is 14.0. The van der Waals surface area contributed by atoms with Gasteiger partial charge in [-0.05, 0) is 25.0 Å². The van der Waals surface area contributed by atoms with E-state index < -0.39 is 11.7 Å². The third-order valence-corrected chi connectivity index (χ3v) is 4.98. The summed E-state index contributed by atoms with van der Waals surface area (Å²) >= 11 is 0. The number of nitrogens with one attached hydrogen (secondary N) is 2. The van der Waals surface area contributed by atoms with Crippen LogP contribution in [0.3, 0.4) is 0 Å². The second-order valence-corrected chi connectivity index (χ2v) is 7.06. The second-order valence-electron chi connectivity index (χ2n) is 7.06. The van der Waals surface area contributed by atoms with Crippen LogP contribution in [-0.4, -0.2) is 38.2 Å². The molecule has 1 aliphatic carbocycles. The van der Waals surface area contributed by atoms with E-state index in [2.05, 4.69) is 30.8 Å². The number of hydrogen-bond donors (Lipinski definition) is 4. The average Bonchev–Trinajstić information content (AvgIpc) is 2.70. The first-order valence-electron chi connectivity index (χ1n) is 9.39. The number of carbonyl (C=O) groups is 1. The molecule has 1 saturated carbocycles. The SMILES string of the molecule is NC(=O)c1nnc(N[C@@H]2CCCC[C@@H]2N)nc1Nc1cnc2c(F)cccc2c1. The predicted octanol–water partition coefficient (Wildman–Crippen LogP) is 2.08. The Bertz CT molecular complexity index is 1060. The number of carbonyl (C=O) groups excluding carboxylic acids is 1. The van der Waals surface area contributed by atoms with Crippen LogP contribution in [0.25, 0.3) is 10.9 Å². The van der Waals surface area contributed by atoms with Gasteiger partial charge in [0.2, 0.25) is 5.95 Å². The molecule has 0 bridgehead atoms. The van der Waals surface area contributed by atoms with Crippen molar-refractivity contribution in [2.45, 2.75) is 37.8 Å². The lowest BCUT2D eigenvalue weighted by molar-refractivity contribution is 0.0995. The van der Waals surface area contributed by atoms with Gasteiger partial charge in [0.15, 0.2) is 11.5 Å². The summed E-state index contributed by atoms with van der Waals surface area (Å²) in [5, 5.41) is 14.6. The smallest absolute Gasteiger partial charge is 0.273 e. The van der Waals surface area contributed by atoms with Crippen molar-refractivity contribution in [3.05, 3.63) is 42.0 Å². The molecule has 0 radical (unpaired) electrons. The number of nitrogens with two attached hydrogens (primary N) is 2. The standard InChI is InChI=1S/C19H21FN8O/c20-12-5-3-4-10-8-11(9-23-15(10)12)24-18-16(17(22)29)27-28-19(26-18)25-14-7-2-1-6-13(14)21/h3-5,8-9,13-14H,1-2,6-7,21H2,(H2,22,29)(H2,24,25,26,28)/t13-,14+/m0/s1. The molecule has 1 aromatic carbocycles. The molecule has 1 aliphatic rings. The number of benzene rings is 1. The van der Waals surface area contributed by atoms with Gasteiger partial charge in [-0.3, -0.25) is 9.78 Å². The lowest BCUT2D eigenvalue weighted by atomic mass is 9.91. The lowest BCUT2D eigenvalue weighted by Crippen LogP contribution is -2.43. The van der Waals surface area contributed by atoms with Gasteiger partial charge in [-0.1, -0.05) is 25.0 Å². The minimum Gasteiger partial charge on any atom is -0.364 e. The molecule has 1 amide bonds. The fourth-order valence-corrected chi connectivity index (χ4v) is 3.47. The molecule has 29 heavy (non-hydrogen) atoms. The zero-order valence-corrected chi connectivity index (χ0v) is 15.6. The van der Waals surface area contributed by atoms with E-state index in [1.165, 1.54) is 12.3 Å². The second kappa shape index (κ2) is 7.92. The van der Waals surface area contributed by atoms with E-state index in [1.807, 2.05) is 0 Å². The number of anilines is 3. The van der Waals surface area contributed by atoms with Crippen molar-refractivity contribution in [3.63, 3.8) is 0 Å². The molecule has 150 valence electrons. The van der Waals surface area contributed by atoms with Crippen LogP contribution in [0.15, 0.2) is 30.5 Å². The molecule has 1 fully saturated rings. The highest BCUT2D eigenvalue weighted by molar-refractivity contribution is 5.96. The molecular formula is C19H21FN8O. The average molecular weight is 396 g/mol. The zero-order valence-electron chi connectivity index (χ0n) is 15.6. The van der Waals surface area contributed by atoms with E-state index in [1.54, 1.807) is 18.2 Å². The summed E-state index contributed by atoms with van der Waals surface area (Å²) in [7, 11) is 0. The largest absolute Gasteiger partial charge is 0.364 e. The third-order valence-electron chi connectivity index (χ3n) is 4.98. The summed E-state index contributed by atoms with van der Waals surface area (Å²) in [6.45, 7) is 0. The molecule has 2 aromatic heterocycles. The molecule has 0 saturated heterocycles. The molecule has 2 heterocycles. The van der Waals surface area contributed by atoms with Gasteiger partial charge in [0.25, 0.3) is 5.91 Å². The van der Waals surface area contributed by atoms with Gasteiger partial charge in [0.1, 0.15) is 11.3 Å². The third kappa shape index (κ3) is 4.06. The van der Waals surface area contributed by atoms with Gasteiger partial charge in [-0.2, -0.15) is 4.98 Å². The Morgan fingerprint density at radius 1 is 1.21 bits per heavy atom. The van der Waals surface area contributed by atoms with Crippen LogP contribution >= 0.6 is 0 Å². The van der Waals surface area contributed by atoms with E-state index in [4.69, 9.17) is 11.5 Å². The molecule has 2 atom stereocenters. The molecule has 9 nitrogen and oxygen atoms in total. The van der Waals surface area contributed by atoms with Gasteiger partial charge >= 0.3 is 0 Å². The highest BCUT2D eigenvalue weighted by Crippen LogP contribution is 2.24. The Kier molecular flexibility index (Phi) is 5.17. The lowest BCUT2D eigenvalue weighted by Gasteiger charge is -2.29. The molecule has 6 N–H and O–H groups in total.